The summed E-state index contributed by atoms with van der Waals surface area (Å²) in [7, 11) is 0. The minimum atomic E-state index is -1.18. The van der Waals surface area contributed by atoms with E-state index in [1.807, 2.05) is 30.5 Å². The molecule has 5 nitrogen and oxygen atoms in total. The highest BCUT2D eigenvalue weighted by Gasteiger charge is 2.09. The van der Waals surface area contributed by atoms with E-state index in [-0.39, 0.29) is 11.3 Å². The summed E-state index contributed by atoms with van der Waals surface area (Å²) in [5, 5.41) is 19.5. The first-order valence-corrected chi connectivity index (χ1v) is 6.31. The summed E-state index contributed by atoms with van der Waals surface area (Å²) in [5.41, 5.74) is 2.23. The van der Waals surface area contributed by atoms with Crippen LogP contribution < -0.4 is 0 Å². The van der Waals surface area contributed by atoms with Gasteiger partial charge in [0.2, 0.25) is 0 Å². The van der Waals surface area contributed by atoms with Crippen LogP contribution >= 0.6 is 0 Å². The van der Waals surface area contributed by atoms with Crippen LogP contribution in [0.5, 0.6) is 5.75 Å². The molecule has 21 heavy (non-hydrogen) atoms. The second-order valence-electron chi connectivity index (χ2n) is 4.55. The predicted molar refractivity (Wildman–Crippen MR) is 80.6 cm³/mol. The minimum absolute atomic E-state index is 0.163. The number of rotatable bonds is 3. The van der Waals surface area contributed by atoms with Gasteiger partial charge in [-0.1, -0.05) is 18.2 Å². The van der Waals surface area contributed by atoms with Gasteiger partial charge in [0.25, 0.3) is 0 Å². The van der Waals surface area contributed by atoms with Crippen LogP contribution in [0.2, 0.25) is 0 Å². The third-order valence-electron chi connectivity index (χ3n) is 3.18. The molecule has 3 rings (SSSR count). The van der Waals surface area contributed by atoms with Crippen molar-refractivity contribution >= 4 is 28.8 Å². The normalized spacial score (nSPS) is 11.2. The van der Waals surface area contributed by atoms with Gasteiger partial charge < -0.3 is 15.2 Å². The second kappa shape index (κ2) is 5.13. The molecule has 0 saturated heterocycles. The fourth-order valence-electron chi connectivity index (χ4n) is 2.12. The first-order chi connectivity index (χ1) is 10.1. The lowest BCUT2D eigenvalue weighted by atomic mass is 10.1. The Kier molecular flexibility index (Phi) is 3.16. The molecule has 0 amide bonds. The van der Waals surface area contributed by atoms with E-state index in [1.54, 1.807) is 12.3 Å². The number of aromatic hydroxyl groups is 1. The van der Waals surface area contributed by atoms with Crippen LogP contribution in [0.3, 0.4) is 0 Å². The van der Waals surface area contributed by atoms with Gasteiger partial charge in [0.1, 0.15) is 11.3 Å². The Balaban J connectivity index is 1.96. The Labute approximate surface area is 120 Å². The average molecular weight is 280 g/mol. The van der Waals surface area contributed by atoms with Gasteiger partial charge in [-0.2, -0.15) is 0 Å². The number of carboxylic acid groups (broad SMARTS) is 1. The van der Waals surface area contributed by atoms with Crippen LogP contribution in [0.1, 0.15) is 15.9 Å². The average Bonchev–Trinajstić information content (AvgIpc) is 2.89. The molecular weight excluding hydrogens is 268 g/mol. The van der Waals surface area contributed by atoms with Crippen LogP contribution in [0.25, 0.3) is 10.9 Å². The van der Waals surface area contributed by atoms with Crippen molar-refractivity contribution in [2.24, 2.45) is 4.99 Å². The van der Waals surface area contributed by atoms with Crippen molar-refractivity contribution in [1.82, 2.24) is 4.98 Å². The monoisotopic (exact) mass is 280 g/mol. The van der Waals surface area contributed by atoms with Gasteiger partial charge in [0, 0.05) is 28.9 Å². The van der Waals surface area contributed by atoms with Crippen molar-refractivity contribution in [3.05, 3.63) is 59.8 Å². The number of aromatic amines is 1. The fourth-order valence-corrected chi connectivity index (χ4v) is 2.12. The largest absolute Gasteiger partial charge is 0.507 e. The summed E-state index contributed by atoms with van der Waals surface area (Å²) in [4.78, 5) is 18.4. The summed E-state index contributed by atoms with van der Waals surface area (Å²) in [6, 6.07) is 12.1. The highest BCUT2D eigenvalue weighted by atomic mass is 16.4. The zero-order chi connectivity index (χ0) is 14.8. The van der Waals surface area contributed by atoms with Gasteiger partial charge in [-0.25, -0.2) is 4.79 Å². The first-order valence-electron chi connectivity index (χ1n) is 6.31. The zero-order valence-corrected chi connectivity index (χ0v) is 10.9. The van der Waals surface area contributed by atoms with E-state index < -0.39 is 5.97 Å². The van der Waals surface area contributed by atoms with Crippen molar-refractivity contribution in [3.63, 3.8) is 0 Å². The van der Waals surface area contributed by atoms with E-state index >= 15 is 0 Å². The van der Waals surface area contributed by atoms with Gasteiger partial charge in [-0.15, -0.1) is 0 Å². The van der Waals surface area contributed by atoms with Gasteiger partial charge in [0.15, 0.2) is 0 Å². The second-order valence-corrected chi connectivity index (χ2v) is 4.55. The van der Waals surface area contributed by atoms with E-state index in [0.29, 0.717) is 5.69 Å². The number of hydrogen-bond acceptors (Lipinski definition) is 3. The number of nitrogens with zero attached hydrogens (tertiary/aromatic N) is 1. The lowest BCUT2D eigenvalue weighted by molar-refractivity contribution is 0.0694. The lowest BCUT2D eigenvalue weighted by Gasteiger charge is -2.00. The van der Waals surface area contributed by atoms with Gasteiger partial charge in [-0.05, 0) is 24.3 Å². The summed E-state index contributed by atoms with van der Waals surface area (Å²) >= 11 is 0. The number of nitrogens with one attached hydrogen (secondary N) is 1. The third kappa shape index (κ3) is 2.49. The Morgan fingerprint density at radius 3 is 2.81 bits per heavy atom. The van der Waals surface area contributed by atoms with Gasteiger partial charge >= 0.3 is 5.97 Å². The molecule has 3 N–H and O–H groups in total. The molecule has 0 radical (unpaired) electrons. The molecule has 3 aromatic rings. The number of fused-ring (bicyclic) bond motifs is 1. The Morgan fingerprint density at radius 1 is 1.19 bits per heavy atom. The predicted octanol–water partition coefficient (Wildman–Crippen LogP) is 3.32. The number of hydrogen-bond donors (Lipinski definition) is 3. The quantitative estimate of drug-likeness (QED) is 0.643. The van der Waals surface area contributed by atoms with E-state index in [2.05, 4.69) is 9.98 Å². The molecule has 0 unspecified atom stereocenters. The summed E-state index contributed by atoms with van der Waals surface area (Å²) in [5.74, 6) is -1.45. The van der Waals surface area contributed by atoms with Crippen LogP contribution in [-0.4, -0.2) is 27.4 Å². The van der Waals surface area contributed by atoms with Crippen LogP contribution in [0, 0.1) is 0 Å². The molecule has 0 bridgehead atoms. The number of phenols is 1. The van der Waals surface area contributed by atoms with E-state index in [4.69, 9.17) is 5.11 Å². The molecule has 0 aliphatic heterocycles. The number of H-pyrrole nitrogens is 1. The van der Waals surface area contributed by atoms with Crippen molar-refractivity contribution < 1.29 is 15.0 Å². The number of benzene rings is 2. The van der Waals surface area contributed by atoms with E-state index in [0.717, 1.165) is 16.5 Å². The molecular formula is C16H12N2O3. The number of carbonyl (C=O) groups is 1. The first kappa shape index (κ1) is 12.9. The molecule has 2 aromatic carbocycles. The number of aliphatic imine (C=N–C) groups is 1. The summed E-state index contributed by atoms with van der Waals surface area (Å²) in [6.07, 6.45) is 3.50. The number of para-hydroxylation sites is 1. The maximum absolute atomic E-state index is 11.0. The SMILES string of the molecule is O=C(O)c1cc(N=Cc2c[nH]c3ccccc23)ccc1O. The van der Waals surface area contributed by atoms with Crippen LogP contribution in [-0.2, 0) is 0 Å². The van der Waals surface area contributed by atoms with E-state index in [1.165, 1.54) is 12.1 Å². The standard InChI is InChI=1S/C16H12N2O3/c19-15-6-5-11(7-13(15)16(20)21)17-8-10-9-18-14-4-2-1-3-12(10)14/h1-9,18-19H,(H,20,21). The molecule has 0 atom stereocenters. The number of carboxylic acids is 1. The zero-order valence-electron chi connectivity index (χ0n) is 10.9. The Morgan fingerprint density at radius 2 is 2.00 bits per heavy atom. The van der Waals surface area contributed by atoms with Crippen LogP contribution in [0.4, 0.5) is 5.69 Å². The van der Waals surface area contributed by atoms with Crippen molar-refractivity contribution in [1.29, 1.82) is 0 Å². The Hall–Kier alpha value is -3.08. The Bertz CT molecular complexity index is 850. The number of aromatic carboxylic acids is 1. The molecule has 104 valence electrons. The third-order valence-corrected chi connectivity index (χ3v) is 3.18. The summed E-state index contributed by atoms with van der Waals surface area (Å²) < 4.78 is 0. The van der Waals surface area contributed by atoms with E-state index in [9.17, 15) is 9.90 Å². The molecule has 0 aliphatic rings. The van der Waals surface area contributed by atoms with Gasteiger partial charge in [0.05, 0.1) is 5.69 Å². The smallest absolute Gasteiger partial charge is 0.339 e. The molecule has 1 heterocycles. The van der Waals surface area contributed by atoms with Crippen molar-refractivity contribution in [3.8, 4) is 5.75 Å². The molecule has 0 aliphatic carbocycles. The minimum Gasteiger partial charge on any atom is -0.507 e. The summed E-state index contributed by atoms with van der Waals surface area (Å²) in [6.45, 7) is 0. The topological polar surface area (TPSA) is 85.7 Å². The maximum atomic E-state index is 11.0. The maximum Gasteiger partial charge on any atom is 0.339 e. The molecule has 0 fully saturated rings. The lowest BCUT2D eigenvalue weighted by Crippen LogP contribution is -1.95. The molecule has 1 aromatic heterocycles. The van der Waals surface area contributed by atoms with Crippen LogP contribution in [0.15, 0.2) is 53.7 Å². The fraction of sp³-hybridized carbons (Fsp3) is 0. The van der Waals surface area contributed by atoms with Crippen molar-refractivity contribution in [2.75, 3.05) is 0 Å². The molecule has 0 saturated carbocycles. The van der Waals surface area contributed by atoms with Crippen molar-refractivity contribution in [2.45, 2.75) is 0 Å². The number of aromatic nitrogens is 1. The molecule has 0 spiro atoms. The molecule has 5 heteroatoms. The highest BCUT2D eigenvalue weighted by Crippen LogP contribution is 2.24. The van der Waals surface area contributed by atoms with Gasteiger partial charge in [-0.3, -0.25) is 4.99 Å². The highest BCUT2D eigenvalue weighted by molar-refractivity contribution is 6.00.